The van der Waals surface area contributed by atoms with Gasteiger partial charge in [-0.15, -0.1) is 10.2 Å². The fourth-order valence-corrected chi connectivity index (χ4v) is 3.16. The van der Waals surface area contributed by atoms with Crippen LogP contribution in [-0.4, -0.2) is 39.9 Å². The van der Waals surface area contributed by atoms with Crippen molar-refractivity contribution in [1.82, 2.24) is 15.1 Å². The number of nitrogens with zero attached hydrogens (tertiary/aromatic N) is 3. The first-order valence-electron chi connectivity index (χ1n) is 9.19. The molecule has 1 heterocycles. The van der Waals surface area contributed by atoms with Crippen molar-refractivity contribution in [2.75, 3.05) is 6.61 Å². The highest BCUT2D eigenvalue weighted by molar-refractivity contribution is 6.33. The normalized spacial score (nSPS) is 13.1. The minimum Gasteiger partial charge on any atom is -0.483 e. The van der Waals surface area contributed by atoms with Gasteiger partial charge in [-0.1, -0.05) is 35.9 Å². The summed E-state index contributed by atoms with van der Waals surface area (Å²) in [7, 11) is 0. The zero-order valence-electron chi connectivity index (χ0n) is 15.5. The predicted molar refractivity (Wildman–Crippen MR) is 106 cm³/mol. The molecule has 0 radical (unpaired) electrons. The van der Waals surface area contributed by atoms with Crippen LogP contribution in [0.2, 0.25) is 5.02 Å². The fourth-order valence-electron chi connectivity index (χ4n) is 2.95. The van der Waals surface area contributed by atoms with Crippen LogP contribution in [0.4, 0.5) is 0 Å². The summed E-state index contributed by atoms with van der Waals surface area (Å²) in [5, 5.41) is 8.62. The monoisotopic (exact) mass is 411 g/mol. The van der Waals surface area contributed by atoms with E-state index in [9.17, 15) is 9.59 Å². The Labute approximate surface area is 172 Å². The molecule has 0 unspecified atom stereocenters. The van der Waals surface area contributed by atoms with Crippen molar-refractivity contribution in [3.05, 3.63) is 65.0 Å². The summed E-state index contributed by atoms with van der Waals surface area (Å²) in [5.41, 5.74) is 1.05. The molecule has 2 aromatic carbocycles. The predicted octanol–water partition coefficient (Wildman–Crippen LogP) is 3.77. The van der Waals surface area contributed by atoms with E-state index in [1.165, 1.54) is 0 Å². The first-order chi connectivity index (χ1) is 14.2. The standard InChI is InChI=1S/C21H18ClN3O4/c22-17-7-3-2-6-16(17)21-24-23-19(29-21)11-25(15-9-10-15)20(27)13-28-18-8-4-1-5-14(18)12-26/h1-8,12,15H,9-11,13H2. The van der Waals surface area contributed by atoms with Crippen molar-refractivity contribution in [2.45, 2.75) is 25.4 Å². The van der Waals surface area contributed by atoms with E-state index < -0.39 is 0 Å². The third kappa shape index (κ3) is 4.46. The van der Waals surface area contributed by atoms with Crippen molar-refractivity contribution in [1.29, 1.82) is 0 Å². The Balaban J connectivity index is 1.44. The van der Waals surface area contributed by atoms with E-state index in [1.54, 1.807) is 41.3 Å². The van der Waals surface area contributed by atoms with Crippen LogP contribution >= 0.6 is 11.6 Å². The average molecular weight is 412 g/mol. The molecule has 0 atom stereocenters. The summed E-state index contributed by atoms with van der Waals surface area (Å²) in [6.07, 6.45) is 2.54. The maximum absolute atomic E-state index is 12.7. The summed E-state index contributed by atoms with van der Waals surface area (Å²) >= 11 is 6.18. The first-order valence-corrected chi connectivity index (χ1v) is 9.57. The zero-order valence-corrected chi connectivity index (χ0v) is 16.2. The van der Waals surface area contributed by atoms with Gasteiger partial charge in [-0.25, -0.2) is 0 Å². The van der Waals surface area contributed by atoms with E-state index >= 15 is 0 Å². The lowest BCUT2D eigenvalue weighted by Crippen LogP contribution is -2.36. The van der Waals surface area contributed by atoms with E-state index in [-0.39, 0.29) is 25.1 Å². The van der Waals surface area contributed by atoms with Crippen molar-refractivity contribution in [3.8, 4) is 17.2 Å². The summed E-state index contributed by atoms with van der Waals surface area (Å²) in [6.45, 7) is 0.0203. The van der Waals surface area contributed by atoms with Crippen molar-refractivity contribution in [3.63, 3.8) is 0 Å². The number of ether oxygens (including phenoxy) is 1. The van der Waals surface area contributed by atoms with Crippen molar-refractivity contribution < 1.29 is 18.7 Å². The number of carbonyl (C=O) groups is 2. The van der Waals surface area contributed by atoms with Crippen LogP contribution in [0, 0.1) is 0 Å². The highest BCUT2D eigenvalue weighted by Crippen LogP contribution is 2.30. The van der Waals surface area contributed by atoms with Crippen LogP contribution in [0.1, 0.15) is 29.1 Å². The van der Waals surface area contributed by atoms with E-state index in [1.807, 2.05) is 12.1 Å². The molecule has 148 valence electrons. The molecule has 0 saturated heterocycles. The van der Waals surface area contributed by atoms with E-state index in [0.717, 1.165) is 12.8 Å². The van der Waals surface area contributed by atoms with E-state index in [2.05, 4.69) is 10.2 Å². The van der Waals surface area contributed by atoms with Crippen LogP contribution < -0.4 is 4.74 Å². The number of carbonyl (C=O) groups excluding carboxylic acids is 2. The number of benzene rings is 2. The molecular weight excluding hydrogens is 394 g/mol. The average Bonchev–Trinajstić information content (AvgIpc) is 3.48. The molecule has 0 spiro atoms. The number of halogens is 1. The van der Waals surface area contributed by atoms with Gasteiger partial charge in [0.1, 0.15) is 5.75 Å². The van der Waals surface area contributed by atoms with Gasteiger partial charge < -0.3 is 14.1 Å². The third-order valence-corrected chi connectivity index (χ3v) is 4.91. The van der Waals surface area contributed by atoms with E-state index in [0.29, 0.717) is 40.0 Å². The van der Waals surface area contributed by atoms with Gasteiger partial charge in [0, 0.05) is 6.04 Å². The summed E-state index contributed by atoms with van der Waals surface area (Å²) in [6, 6.07) is 14.1. The number of rotatable bonds is 8. The second-order valence-corrected chi connectivity index (χ2v) is 7.09. The Hall–Kier alpha value is -3.19. The molecule has 1 aliphatic rings. The minimum atomic E-state index is -0.203. The number of aromatic nitrogens is 2. The Morgan fingerprint density at radius 3 is 2.69 bits per heavy atom. The maximum Gasteiger partial charge on any atom is 0.261 e. The molecule has 7 nitrogen and oxygen atoms in total. The van der Waals surface area contributed by atoms with Gasteiger partial charge in [0.2, 0.25) is 11.8 Å². The molecule has 1 fully saturated rings. The quantitative estimate of drug-likeness (QED) is 0.524. The molecule has 1 amide bonds. The summed E-state index contributed by atoms with van der Waals surface area (Å²) in [4.78, 5) is 25.5. The second-order valence-electron chi connectivity index (χ2n) is 6.68. The minimum absolute atomic E-state index is 0.128. The van der Waals surface area contributed by atoms with Crippen LogP contribution in [0.25, 0.3) is 11.5 Å². The van der Waals surface area contributed by atoms with Gasteiger partial charge >= 0.3 is 0 Å². The Bertz CT molecular complexity index is 1030. The molecule has 4 rings (SSSR count). The summed E-state index contributed by atoms with van der Waals surface area (Å²) < 4.78 is 11.3. The number of hydrogen-bond acceptors (Lipinski definition) is 6. The van der Waals surface area contributed by atoms with Gasteiger partial charge in [0.15, 0.2) is 12.9 Å². The van der Waals surface area contributed by atoms with Crippen LogP contribution in [0.5, 0.6) is 5.75 Å². The Kier molecular flexibility index (Phi) is 5.57. The maximum atomic E-state index is 12.7. The number of hydrogen-bond donors (Lipinski definition) is 0. The number of para-hydroxylation sites is 1. The Morgan fingerprint density at radius 1 is 1.17 bits per heavy atom. The lowest BCUT2D eigenvalue weighted by Gasteiger charge is -2.20. The molecule has 0 aliphatic heterocycles. The van der Waals surface area contributed by atoms with Crippen molar-refractivity contribution >= 4 is 23.8 Å². The summed E-state index contributed by atoms with van der Waals surface area (Å²) in [5.74, 6) is 0.814. The lowest BCUT2D eigenvalue weighted by atomic mass is 10.2. The lowest BCUT2D eigenvalue weighted by molar-refractivity contribution is -0.134. The largest absolute Gasteiger partial charge is 0.483 e. The first kappa shape index (κ1) is 19.1. The molecule has 8 heteroatoms. The molecule has 1 aliphatic carbocycles. The van der Waals surface area contributed by atoms with Gasteiger partial charge in [0.05, 0.1) is 22.7 Å². The van der Waals surface area contributed by atoms with Gasteiger partial charge in [0.25, 0.3) is 5.91 Å². The third-order valence-electron chi connectivity index (χ3n) is 4.58. The SMILES string of the molecule is O=Cc1ccccc1OCC(=O)N(Cc1nnc(-c2ccccc2Cl)o1)C1CC1. The second kappa shape index (κ2) is 8.45. The van der Waals surface area contributed by atoms with Crippen LogP contribution in [-0.2, 0) is 11.3 Å². The number of aldehydes is 1. The zero-order chi connectivity index (χ0) is 20.2. The molecule has 1 aromatic heterocycles. The van der Waals surface area contributed by atoms with Crippen LogP contribution in [0.3, 0.4) is 0 Å². The molecule has 0 N–H and O–H groups in total. The molecular formula is C21H18ClN3O4. The molecule has 0 bridgehead atoms. The highest BCUT2D eigenvalue weighted by atomic mass is 35.5. The Morgan fingerprint density at radius 2 is 1.93 bits per heavy atom. The fraction of sp³-hybridized carbons (Fsp3) is 0.238. The topological polar surface area (TPSA) is 85.5 Å². The molecule has 1 saturated carbocycles. The van der Waals surface area contributed by atoms with Crippen LogP contribution in [0.15, 0.2) is 52.9 Å². The highest BCUT2D eigenvalue weighted by Gasteiger charge is 2.34. The van der Waals surface area contributed by atoms with Gasteiger partial charge in [-0.3, -0.25) is 9.59 Å². The van der Waals surface area contributed by atoms with E-state index in [4.69, 9.17) is 20.8 Å². The number of amides is 1. The van der Waals surface area contributed by atoms with Gasteiger partial charge in [-0.2, -0.15) is 0 Å². The molecule has 29 heavy (non-hydrogen) atoms. The molecule has 3 aromatic rings. The van der Waals surface area contributed by atoms with Gasteiger partial charge in [-0.05, 0) is 37.1 Å². The van der Waals surface area contributed by atoms with Crippen molar-refractivity contribution in [2.24, 2.45) is 0 Å². The smallest absolute Gasteiger partial charge is 0.261 e.